The number of rotatable bonds is 19. The maximum Gasteiger partial charge on any atom is 0.437 e. The fourth-order valence-corrected chi connectivity index (χ4v) is 7.85. The van der Waals surface area contributed by atoms with Gasteiger partial charge in [0.1, 0.15) is 16.9 Å². The van der Waals surface area contributed by atoms with Crippen LogP contribution >= 0.6 is 0 Å². The number of piperidine rings is 1. The fourth-order valence-electron chi connectivity index (χ4n) is 6.99. The third kappa shape index (κ3) is 13.9. The zero-order chi connectivity index (χ0) is 41.9. The highest BCUT2D eigenvalue weighted by molar-refractivity contribution is 7.81. The molecular formula is C38H67N7O10S. The lowest BCUT2D eigenvalue weighted by molar-refractivity contribution is -0.172. The lowest BCUT2D eigenvalue weighted by Crippen LogP contribution is -2.51. The second kappa shape index (κ2) is 20.3. The third-order valence-electron chi connectivity index (χ3n) is 9.50. The Morgan fingerprint density at radius 3 is 2.14 bits per heavy atom. The fraction of sp³-hybridized carbons (Fsp3) is 0.816. The van der Waals surface area contributed by atoms with Gasteiger partial charge in [0.05, 0.1) is 18.6 Å². The summed E-state index contributed by atoms with van der Waals surface area (Å²) in [5.74, 6) is 0.200. The third-order valence-corrected chi connectivity index (χ3v) is 10.2. The Morgan fingerprint density at radius 2 is 1.57 bits per heavy atom. The molecule has 0 spiro atoms. The first-order valence-electron chi connectivity index (χ1n) is 20.2. The molecule has 0 unspecified atom stereocenters. The second-order valence-corrected chi connectivity index (χ2v) is 17.9. The molecule has 1 aromatic heterocycles. The topological polar surface area (TPSA) is 186 Å². The Morgan fingerprint density at radius 1 is 0.946 bits per heavy atom. The molecular weight excluding hydrogens is 747 g/mol. The number of hydroxylamine groups is 4. The Hall–Kier alpha value is -3.48. The van der Waals surface area contributed by atoms with Crippen LogP contribution in [0.15, 0.2) is 15.6 Å². The van der Waals surface area contributed by atoms with Crippen molar-refractivity contribution in [3.8, 4) is 0 Å². The van der Waals surface area contributed by atoms with Crippen molar-refractivity contribution in [3.63, 3.8) is 0 Å². The summed E-state index contributed by atoms with van der Waals surface area (Å²) in [5.41, 5.74) is -1.65. The SMILES string of the molecule is CCCCN(OS(=O)(=O)ON1C(=O)N2C[C@@H]1CC[C@H]2c1cc(CN(C)/C(=N/C(=O)OC(C)(C)C)NC(=O)OC(C)(C)C)on1)C(CCC)(CCCC)CCCC. The van der Waals surface area contributed by atoms with Gasteiger partial charge in [-0.05, 0) is 80.1 Å². The summed E-state index contributed by atoms with van der Waals surface area (Å²) in [6.07, 6.45) is 7.84. The molecule has 2 atom stereocenters. The number of hydrogen-bond donors (Lipinski definition) is 1. The number of guanidine groups is 1. The van der Waals surface area contributed by atoms with Gasteiger partial charge in [0.15, 0.2) is 5.76 Å². The van der Waals surface area contributed by atoms with Crippen LogP contribution < -0.4 is 5.32 Å². The molecule has 17 nitrogen and oxygen atoms in total. The Labute approximate surface area is 334 Å². The van der Waals surface area contributed by atoms with E-state index >= 15 is 0 Å². The highest BCUT2D eigenvalue weighted by Gasteiger charge is 2.49. The Bertz CT molecular complexity index is 1580. The zero-order valence-corrected chi connectivity index (χ0v) is 36.3. The summed E-state index contributed by atoms with van der Waals surface area (Å²) < 4.78 is 55.0. The summed E-state index contributed by atoms with van der Waals surface area (Å²) in [6.45, 7) is 19.3. The van der Waals surface area contributed by atoms with Gasteiger partial charge >= 0.3 is 28.6 Å². The number of ether oxygens (including phenoxy) is 2. The maximum atomic E-state index is 13.8. The van der Waals surface area contributed by atoms with Gasteiger partial charge in [-0.1, -0.05) is 71.4 Å². The van der Waals surface area contributed by atoms with Crippen molar-refractivity contribution in [2.24, 2.45) is 4.99 Å². The molecule has 4 amide bonds. The van der Waals surface area contributed by atoms with Crippen LogP contribution in [0, 0.1) is 0 Å². The van der Waals surface area contributed by atoms with Gasteiger partial charge in [-0.3, -0.25) is 5.32 Å². The van der Waals surface area contributed by atoms with Gasteiger partial charge in [0.2, 0.25) is 5.96 Å². The van der Waals surface area contributed by atoms with E-state index in [2.05, 4.69) is 43.2 Å². The molecule has 0 aliphatic carbocycles. The number of nitrogens with one attached hydrogen (secondary N) is 1. The van der Waals surface area contributed by atoms with Gasteiger partial charge in [-0.15, -0.1) is 9.28 Å². The molecule has 3 rings (SSSR count). The highest BCUT2D eigenvalue weighted by Crippen LogP contribution is 2.40. The molecule has 0 aromatic carbocycles. The Balaban J connectivity index is 1.77. The van der Waals surface area contributed by atoms with Crippen LogP contribution in [-0.2, 0) is 35.0 Å². The lowest BCUT2D eigenvalue weighted by Gasteiger charge is -2.43. The van der Waals surface area contributed by atoms with E-state index in [1.165, 1.54) is 9.80 Å². The minimum absolute atomic E-state index is 0.0170. The maximum absolute atomic E-state index is 13.8. The van der Waals surface area contributed by atoms with Gasteiger partial charge in [-0.2, -0.15) is 22.8 Å². The van der Waals surface area contributed by atoms with Crippen LogP contribution in [-0.4, -0.2) is 101 Å². The van der Waals surface area contributed by atoms with E-state index in [0.29, 0.717) is 30.8 Å². The second-order valence-electron chi connectivity index (χ2n) is 16.8. The van der Waals surface area contributed by atoms with E-state index in [9.17, 15) is 22.8 Å². The number of unbranched alkanes of at least 4 members (excludes halogenated alkanes) is 3. The largest absolute Gasteiger partial charge is 0.444 e. The average molecular weight is 814 g/mol. The van der Waals surface area contributed by atoms with Crippen LogP contribution in [0.1, 0.15) is 164 Å². The molecule has 320 valence electrons. The van der Waals surface area contributed by atoms with Crippen LogP contribution in [0.5, 0.6) is 0 Å². The molecule has 2 bridgehead atoms. The molecule has 2 aliphatic heterocycles. The van der Waals surface area contributed by atoms with Gasteiger partial charge in [-0.25, -0.2) is 14.4 Å². The molecule has 2 aliphatic rings. The summed E-state index contributed by atoms with van der Waals surface area (Å²) >= 11 is 0. The smallest absolute Gasteiger partial charge is 0.437 e. The van der Waals surface area contributed by atoms with Gasteiger partial charge in [0.25, 0.3) is 0 Å². The van der Waals surface area contributed by atoms with E-state index < -0.39 is 57.4 Å². The van der Waals surface area contributed by atoms with Crippen molar-refractivity contribution in [2.75, 3.05) is 20.1 Å². The number of urea groups is 1. The van der Waals surface area contributed by atoms with Gasteiger partial charge in [0, 0.05) is 31.7 Å². The van der Waals surface area contributed by atoms with Crippen LogP contribution in [0.2, 0.25) is 0 Å². The number of nitrogens with zero attached hydrogens (tertiary/aromatic N) is 6. The number of carbonyl (C=O) groups is 3. The number of hydrogen-bond acceptors (Lipinski definition) is 12. The van der Waals surface area contributed by atoms with Crippen molar-refractivity contribution in [1.82, 2.24) is 30.4 Å². The monoisotopic (exact) mass is 813 g/mol. The first-order valence-corrected chi connectivity index (χ1v) is 21.5. The van der Waals surface area contributed by atoms with Crippen LogP contribution in [0.25, 0.3) is 0 Å². The van der Waals surface area contributed by atoms with Crippen molar-refractivity contribution >= 4 is 34.6 Å². The predicted molar refractivity (Wildman–Crippen MR) is 210 cm³/mol. The number of aliphatic imine (C=N–C) groups is 1. The first-order chi connectivity index (χ1) is 26.2. The molecule has 1 aromatic rings. The van der Waals surface area contributed by atoms with E-state index in [1.54, 1.807) is 59.7 Å². The van der Waals surface area contributed by atoms with Crippen molar-refractivity contribution in [3.05, 3.63) is 17.5 Å². The molecule has 2 fully saturated rings. The summed E-state index contributed by atoms with van der Waals surface area (Å²) in [7, 11) is -3.09. The van der Waals surface area contributed by atoms with Crippen LogP contribution in [0.4, 0.5) is 14.4 Å². The normalized spacial score (nSPS) is 18.1. The molecule has 0 radical (unpaired) electrons. The summed E-state index contributed by atoms with van der Waals surface area (Å²) in [5, 5.41) is 9.29. The molecule has 0 saturated carbocycles. The van der Waals surface area contributed by atoms with E-state index in [-0.39, 0.29) is 19.0 Å². The molecule has 3 heterocycles. The number of fused-ring (bicyclic) bond motifs is 2. The molecule has 1 N–H and O–H groups in total. The minimum atomic E-state index is -4.67. The zero-order valence-electron chi connectivity index (χ0n) is 35.5. The Kier molecular flexibility index (Phi) is 17.0. The van der Waals surface area contributed by atoms with Crippen molar-refractivity contribution in [2.45, 2.75) is 182 Å². The predicted octanol–water partition coefficient (Wildman–Crippen LogP) is 7.99. The van der Waals surface area contributed by atoms with Crippen molar-refractivity contribution < 1.29 is 45.4 Å². The van der Waals surface area contributed by atoms with Gasteiger partial charge < -0.3 is 23.8 Å². The molecule has 18 heteroatoms. The van der Waals surface area contributed by atoms with Crippen molar-refractivity contribution in [1.29, 1.82) is 0 Å². The number of alkyl carbamates (subject to hydrolysis) is 1. The average Bonchev–Trinajstić information content (AvgIpc) is 3.64. The quantitative estimate of drug-likeness (QED) is 0.0806. The van der Waals surface area contributed by atoms with E-state index in [4.69, 9.17) is 22.6 Å². The van der Waals surface area contributed by atoms with E-state index in [0.717, 1.165) is 69.3 Å². The van der Waals surface area contributed by atoms with Crippen LogP contribution in [0.3, 0.4) is 0 Å². The molecule has 56 heavy (non-hydrogen) atoms. The number of amides is 4. The standard InChI is InChI=1S/C38H67N7O10S/c1-12-16-22-38(21-15-4,23-17-13-2)44(24-18-14-3)54-56(49,50)55-45-28-19-20-31(43(26-28)35(45)48)30-25-29(53-41-30)27-42(11)32(39-33(46)51-36(5,6)7)40-34(47)52-37(8,9)10/h25,28,31H,12-24,26-27H2,1-11H3,(H,39,40,46,47)/t28-,31-/m0/s1. The lowest BCUT2D eigenvalue weighted by atomic mass is 9.82. The van der Waals surface area contributed by atoms with E-state index in [1.807, 2.05) is 0 Å². The number of carbonyl (C=O) groups excluding carboxylic acids is 3. The minimum Gasteiger partial charge on any atom is -0.444 e. The number of aromatic nitrogens is 1. The first kappa shape index (κ1) is 46.9. The summed E-state index contributed by atoms with van der Waals surface area (Å²) in [6, 6.07) is 0.0266. The highest BCUT2D eigenvalue weighted by atomic mass is 32.3. The molecule has 2 saturated heterocycles. The summed E-state index contributed by atoms with van der Waals surface area (Å²) in [4.78, 5) is 45.9.